The Morgan fingerprint density at radius 2 is 1.84 bits per heavy atom. The number of aromatic nitrogens is 3. The molecule has 0 radical (unpaired) electrons. The number of nitriles is 1. The molecule has 14 heteroatoms. The molecule has 2 aliphatic rings. The van der Waals surface area contributed by atoms with Crippen LogP contribution in [0.1, 0.15) is 30.4 Å². The van der Waals surface area contributed by atoms with E-state index < -0.39 is 25.4 Å². The maximum absolute atomic E-state index is 14.1. The number of nitrogens with zero attached hydrogens (tertiary/aromatic N) is 7. The largest absolute Gasteiger partial charge is 0.423 e. The van der Waals surface area contributed by atoms with E-state index in [1.807, 2.05) is 6.07 Å². The highest BCUT2D eigenvalue weighted by Crippen LogP contribution is 2.36. The Morgan fingerprint density at radius 1 is 1.07 bits per heavy atom. The Labute approximate surface area is 252 Å². The molecule has 4 heterocycles. The molecule has 236 valence electrons. The van der Waals surface area contributed by atoms with Gasteiger partial charge in [0.05, 0.1) is 30.1 Å². The Balaban J connectivity index is 1.25. The van der Waals surface area contributed by atoms with Crippen LogP contribution >= 0.6 is 0 Å². The van der Waals surface area contributed by atoms with Crippen molar-refractivity contribution in [1.29, 1.82) is 5.26 Å². The first kappa shape index (κ1) is 32.9. The van der Waals surface area contributed by atoms with E-state index in [2.05, 4.69) is 45.6 Å². The molecule has 4 rings (SSSR count). The topological polar surface area (TPSA) is 99.8 Å². The maximum Gasteiger partial charge on any atom is 0.423 e. The second kappa shape index (κ2) is 14.7. The molecule has 0 aliphatic carbocycles. The summed E-state index contributed by atoms with van der Waals surface area (Å²) in [6.07, 6.45) is 0.134. The van der Waals surface area contributed by atoms with Gasteiger partial charge in [-0.1, -0.05) is 19.6 Å². The molecule has 1 atom stereocenters. The number of hydrogen-bond donors (Lipinski definition) is 0. The number of ether oxygens (including phenoxy) is 2. The summed E-state index contributed by atoms with van der Waals surface area (Å²) in [6.45, 7) is 12.1. The first-order valence-corrected chi connectivity index (χ1v) is 18.6. The molecule has 43 heavy (non-hydrogen) atoms. The minimum atomic E-state index is -4.82. The van der Waals surface area contributed by atoms with Gasteiger partial charge in [-0.15, -0.1) is 0 Å². The van der Waals surface area contributed by atoms with Gasteiger partial charge in [0.2, 0.25) is 0 Å². The second-order valence-corrected chi connectivity index (χ2v) is 17.9. The highest BCUT2D eigenvalue weighted by molar-refractivity contribution is 6.76. The minimum Gasteiger partial charge on any atom is -0.379 e. The Kier molecular flexibility index (Phi) is 11.2. The molecule has 0 unspecified atom stereocenters. The molecule has 0 bridgehead atoms. The van der Waals surface area contributed by atoms with Crippen molar-refractivity contribution in [1.82, 2.24) is 19.7 Å². The van der Waals surface area contributed by atoms with Crippen molar-refractivity contribution in [3.05, 3.63) is 46.0 Å². The van der Waals surface area contributed by atoms with Crippen molar-refractivity contribution in [3.63, 3.8) is 0 Å². The number of alkyl halides is 3. The van der Waals surface area contributed by atoms with Gasteiger partial charge in [0, 0.05) is 66.8 Å². The molecule has 2 aromatic rings. The summed E-state index contributed by atoms with van der Waals surface area (Å²) >= 11 is 0. The van der Waals surface area contributed by atoms with Crippen LogP contribution in [0.3, 0.4) is 0 Å². The smallest absolute Gasteiger partial charge is 0.379 e. The number of halogens is 3. The average molecular weight is 622 g/mol. The van der Waals surface area contributed by atoms with E-state index in [1.54, 1.807) is 17.2 Å². The summed E-state index contributed by atoms with van der Waals surface area (Å²) in [5.74, 6) is 0.870. The summed E-state index contributed by atoms with van der Waals surface area (Å²) in [4.78, 5) is 23.5. The zero-order valence-corrected chi connectivity index (χ0v) is 26.3. The highest BCUT2D eigenvalue weighted by atomic mass is 28.3. The van der Waals surface area contributed by atoms with Crippen LogP contribution in [0.25, 0.3) is 0 Å². The Hall–Kier alpha value is -2.99. The van der Waals surface area contributed by atoms with Crippen LogP contribution in [-0.4, -0.2) is 92.9 Å². The number of piperazine rings is 1. The van der Waals surface area contributed by atoms with Gasteiger partial charge in [0.1, 0.15) is 24.2 Å². The van der Waals surface area contributed by atoms with Gasteiger partial charge < -0.3 is 19.3 Å². The van der Waals surface area contributed by atoms with E-state index in [4.69, 9.17) is 14.7 Å². The van der Waals surface area contributed by atoms with E-state index >= 15 is 0 Å². The molecule has 2 aliphatic heterocycles. The third kappa shape index (κ3) is 9.25. The summed E-state index contributed by atoms with van der Waals surface area (Å²) < 4.78 is 54.6. The second-order valence-electron chi connectivity index (χ2n) is 12.3. The SMILES string of the molecule is C[Si](C)(C)CCOCn1ncc(N2CCC[C@H]2COCCCN2CCN(c3ccc(C#N)cn3)CC2)c(C(F)(F)F)c1=O. The number of pyridine rings is 1. The molecule has 0 amide bonds. The molecule has 10 nitrogen and oxygen atoms in total. The summed E-state index contributed by atoms with van der Waals surface area (Å²) in [5.41, 5.74) is -2.02. The van der Waals surface area contributed by atoms with Gasteiger partial charge >= 0.3 is 6.18 Å². The van der Waals surface area contributed by atoms with Crippen LogP contribution < -0.4 is 15.4 Å². The molecule has 0 spiro atoms. The first-order valence-electron chi connectivity index (χ1n) is 14.9. The third-order valence-corrected chi connectivity index (χ3v) is 9.55. The average Bonchev–Trinajstić information content (AvgIpc) is 3.43. The zero-order chi connectivity index (χ0) is 31.0. The molecule has 0 aromatic carbocycles. The van der Waals surface area contributed by atoms with E-state index in [9.17, 15) is 18.0 Å². The summed E-state index contributed by atoms with van der Waals surface area (Å²) in [7, 11) is -1.37. The lowest BCUT2D eigenvalue weighted by Gasteiger charge is -2.35. The third-order valence-electron chi connectivity index (χ3n) is 7.85. The van der Waals surface area contributed by atoms with Gasteiger partial charge in [-0.25, -0.2) is 9.67 Å². The lowest BCUT2D eigenvalue weighted by atomic mass is 10.2. The number of anilines is 2. The van der Waals surface area contributed by atoms with Crippen LogP contribution in [0.15, 0.2) is 29.3 Å². The van der Waals surface area contributed by atoms with Crippen molar-refractivity contribution in [2.24, 2.45) is 0 Å². The lowest BCUT2D eigenvalue weighted by Crippen LogP contribution is -2.47. The zero-order valence-electron chi connectivity index (χ0n) is 25.3. The molecule has 0 saturated carbocycles. The summed E-state index contributed by atoms with van der Waals surface area (Å²) in [5, 5.41) is 13.0. The van der Waals surface area contributed by atoms with Crippen LogP contribution in [0.2, 0.25) is 25.7 Å². The maximum atomic E-state index is 14.1. The van der Waals surface area contributed by atoms with Gasteiger partial charge in [-0.3, -0.25) is 9.69 Å². The van der Waals surface area contributed by atoms with E-state index in [-0.39, 0.29) is 18.5 Å². The number of rotatable bonds is 13. The standard InChI is InChI=1S/C29H42F3N7O3Si/c1-43(2,3)17-16-42-22-39-28(40)27(29(30,31)32)25(20-35-39)38-10-4-6-24(38)21-41-15-5-9-36-11-13-37(14-12-36)26-8-7-23(18-33)19-34-26/h7-8,19-20,24H,4-6,9-17,21-22H2,1-3H3/t24-/m0/s1. The van der Waals surface area contributed by atoms with E-state index in [1.165, 1.54) is 0 Å². The van der Waals surface area contributed by atoms with Gasteiger partial charge in [-0.2, -0.15) is 23.5 Å². The van der Waals surface area contributed by atoms with Crippen LogP contribution in [0.4, 0.5) is 24.7 Å². The van der Waals surface area contributed by atoms with Crippen molar-refractivity contribution in [2.45, 2.75) is 63.9 Å². The first-order chi connectivity index (χ1) is 20.5. The van der Waals surface area contributed by atoms with Crippen molar-refractivity contribution < 1.29 is 22.6 Å². The predicted octanol–water partition coefficient (Wildman–Crippen LogP) is 4.04. The Morgan fingerprint density at radius 3 is 2.49 bits per heavy atom. The normalized spacial score (nSPS) is 18.3. The molecular formula is C29H42F3N7O3Si. The van der Waals surface area contributed by atoms with E-state index in [0.717, 1.165) is 61.9 Å². The lowest BCUT2D eigenvalue weighted by molar-refractivity contribution is -0.138. The molecule has 2 fully saturated rings. The molecule has 2 saturated heterocycles. The fourth-order valence-electron chi connectivity index (χ4n) is 5.36. The quantitative estimate of drug-likeness (QED) is 0.242. The highest BCUT2D eigenvalue weighted by Gasteiger charge is 2.41. The minimum absolute atomic E-state index is 0.184. The van der Waals surface area contributed by atoms with Gasteiger partial charge in [0.25, 0.3) is 5.56 Å². The van der Waals surface area contributed by atoms with Crippen molar-refractivity contribution in [3.8, 4) is 6.07 Å². The predicted molar refractivity (Wildman–Crippen MR) is 161 cm³/mol. The van der Waals surface area contributed by atoms with Crippen molar-refractivity contribution >= 4 is 19.6 Å². The van der Waals surface area contributed by atoms with Crippen LogP contribution in [0, 0.1) is 11.3 Å². The summed E-state index contributed by atoms with van der Waals surface area (Å²) in [6, 6.07) is 6.32. The van der Waals surface area contributed by atoms with Gasteiger partial charge in [-0.05, 0) is 37.4 Å². The van der Waals surface area contributed by atoms with E-state index in [0.29, 0.717) is 44.8 Å². The molecular weight excluding hydrogens is 579 g/mol. The fraction of sp³-hybridized carbons (Fsp3) is 0.655. The molecule has 0 N–H and O–H groups in total. The number of hydrogen-bond acceptors (Lipinski definition) is 9. The van der Waals surface area contributed by atoms with Crippen LogP contribution in [0.5, 0.6) is 0 Å². The Bertz CT molecular complexity index is 1290. The fourth-order valence-corrected chi connectivity index (χ4v) is 6.12. The molecule has 2 aromatic heterocycles. The van der Waals surface area contributed by atoms with Crippen molar-refractivity contribution in [2.75, 3.05) is 68.9 Å². The van der Waals surface area contributed by atoms with Gasteiger partial charge in [0.15, 0.2) is 0 Å². The van der Waals surface area contributed by atoms with Crippen LogP contribution in [-0.2, 0) is 22.4 Å². The monoisotopic (exact) mass is 621 g/mol.